The van der Waals surface area contributed by atoms with Crippen molar-refractivity contribution in [2.75, 3.05) is 7.11 Å². The SMILES string of the molecule is COc1ccc(C(=O)NNC(=O)C23CCC(C2)C(C)(C)C3=O)cc1. The molecule has 2 saturated carbocycles. The van der Waals surface area contributed by atoms with Crippen LogP contribution in [-0.4, -0.2) is 24.7 Å². The lowest BCUT2D eigenvalue weighted by molar-refractivity contribution is -0.145. The maximum Gasteiger partial charge on any atom is 0.269 e. The van der Waals surface area contributed by atoms with Crippen LogP contribution in [0.1, 0.15) is 43.5 Å². The normalized spacial score (nSPS) is 27.0. The number of ether oxygens (including phenoxy) is 1. The summed E-state index contributed by atoms with van der Waals surface area (Å²) in [4.78, 5) is 37.4. The summed E-state index contributed by atoms with van der Waals surface area (Å²) >= 11 is 0. The Morgan fingerprint density at radius 3 is 2.38 bits per heavy atom. The molecule has 0 aromatic heterocycles. The van der Waals surface area contributed by atoms with Gasteiger partial charge in [-0.2, -0.15) is 0 Å². The maximum atomic E-state index is 12.6. The summed E-state index contributed by atoms with van der Waals surface area (Å²) in [6.07, 6.45) is 2.01. The van der Waals surface area contributed by atoms with Gasteiger partial charge < -0.3 is 4.74 Å². The maximum absolute atomic E-state index is 12.6. The number of carbonyl (C=O) groups is 3. The lowest BCUT2D eigenvalue weighted by Crippen LogP contribution is -2.52. The zero-order valence-corrected chi connectivity index (χ0v) is 14.1. The predicted molar refractivity (Wildman–Crippen MR) is 87.2 cm³/mol. The van der Waals surface area contributed by atoms with E-state index in [1.54, 1.807) is 31.4 Å². The lowest BCUT2D eigenvalue weighted by atomic mass is 9.70. The molecule has 2 aliphatic rings. The third kappa shape index (κ3) is 2.37. The van der Waals surface area contributed by atoms with Crippen LogP contribution in [0.4, 0.5) is 0 Å². The second-order valence-electron chi connectivity index (χ2n) is 7.21. The van der Waals surface area contributed by atoms with Gasteiger partial charge in [0.25, 0.3) is 11.8 Å². The van der Waals surface area contributed by atoms with E-state index in [0.29, 0.717) is 24.2 Å². The second kappa shape index (κ2) is 5.61. The Hall–Kier alpha value is -2.37. The van der Waals surface area contributed by atoms with Crippen molar-refractivity contribution in [1.29, 1.82) is 0 Å². The van der Waals surface area contributed by atoms with Gasteiger partial charge in [-0.25, -0.2) is 0 Å². The molecule has 2 amide bonds. The molecule has 0 spiro atoms. The van der Waals surface area contributed by atoms with Crippen LogP contribution in [0.25, 0.3) is 0 Å². The number of nitrogens with one attached hydrogen (secondary N) is 2. The summed E-state index contributed by atoms with van der Waals surface area (Å²) in [7, 11) is 1.55. The molecule has 2 atom stereocenters. The minimum Gasteiger partial charge on any atom is -0.497 e. The number of rotatable bonds is 3. The van der Waals surface area contributed by atoms with Crippen LogP contribution in [0.2, 0.25) is 0 Å². The van der Waals surface area contributed by atoms with Gasteiger partial charge in [0.15, 0.2) is 5.78 Å². The van der Waals surface area contributed by atoms with Crippen molar-refractivity contribution in [2.45, 2.75) is 33.1 Å². The lowest BCUT2D eigenvalue weighted by Gasteiger charge is -2.32. The Labute approximate surface area is 140 Å². The van der Waals surface area contributed by atoms with E-state index in [1.165, 1.54) is 0 Å². The summed E-state index contributed by atoms with van der Waals surface area (Å²) in [5.41, 5.74) is 3.81. The van der Waals surface area contributed by atoms with Gasteiger partial charge >= 0.3 is 0 Å². The van der Waals surface area contributed by atoms with Gasteiger partial charge in [0.2, 0.25) is 0 Å². The predicted octanol–water partition coefficient (Wildman–Crippen LogP) is 1.85. The minimum absolute atomic E-state index is 0.0116. The number of hydrazine groups is 1. The zero-order chi connectivity index (χ0) is 17.5. The monoisotopic (exact) mass is 330 g/mol. The highest BCUT2D eigenvalue weighted by Crippen LogP contribution is 2.60. The van der Waals surface area contributed by atoms with E-state index in [1.807, 2.05) is 13.8 Å². The van der Waals surface area contributed by atoms with Crippen molar-refractivity contribution in [1.82, 2.24) is 10.9 Å². The van der Waals surface area contributed by atoms with Crippen molar-refractivity contribution in [3.63, 3.8) is 0 Å². The number of ketones is 1. The van der Waals surface area contributed by atoms with Gasteiger partial charge in [0.05, 0.1) is 7.11 Å². The fourth-order valence-electron chi connectivity index (χ4n) is 4.03. The van der Waals surface area contributed by atoms with E-state index in [-0.39, 0.29) is 11.7 Å². The first-order valence-corrected chi connectivity index (χ1v) is 8.11. The molecule has 1 aromatic rings. The Morgan fingerprint density at radius 1 is 1.17 bits per heavy atom. The third-order valence-corrected chi connectivity index (χ3v) is 5.63. The molecule has 2 unspecified atom stereocenters. The summed E-state index contributed by atoms with van der Waals surface area (Å²) in [5, 5.41) is 0. The molecule has 2 bridgehead atoms. The molecule has 6 nitrogen and oxygen atoms in total. The number of carbonyl (C=O) groups excluding carboxylic acids is 3. The number of fused-ring (bicyclic) bond motifs is 2. The minimum atomic E-state index is -0.985. The molecule has 0 saturated heterocycles. The highest BCUT2D eigenvalue weighted by atomic mass is 16.5. The fourth-order valence-corrected chi connectivity index (χ4v) is 4.03. The number of benzene rings is 1. The van der Waals surface area contributed by atoms with Gasteiger partial charge in [0.1, 0.15) is 11.2 Å². The first-order chi connectivity index (χ1) is 11.3. The molecule has 0 radical (unpaired) electrons. The van der Waals surface area contributed by atoms with Crippen LogP contribution in [0, 0.1) is 16.7 Å². The summed E-state index contributed by atoms with van der Waals surface area (Å²) in [6.45, 7) is 3.81. The molecule has 6 heteroatoms. The number of hydrogen-bond donors (Lipinski definition) is 2. The van der Waals surface area contributed by atoms with Crippen molar-refractivity contribution in [2.24, 2.45) is 16.7 Å². The molecule has 0 aliphatic heterocycles. The Bertz CT molecular complexity index is 695. The van der Waals surface area contributed by atoms with E-state index in [4.69, 9.17) is 4.74 Å². The highest BCUT2D eigenvalue weighted by Gasteiger charge is 2.65. The molecule has 2 aliphatic carbocycles. The Kier molecular flexibility index (Phi) is 3.86. The first kappa shape index (κ1) is 16.5. The standard InChI is InChI=1S/C18H22N2O4/c1-17(2)12-8-9-18(10-12,15(17)22)16(23)20-19-14(21)11-4-6-13(24-3)7-5-11/h4-7,12H,8-10H2,1-3H3,(H,19,21)(H,20,23). The Morgan fingerprint density at radius 2 is 1.83 bits per heavy atom. The van der Waals surface area contributed by atoms with Crippen molar-refractivity contribution < 1.29 is 19.1 Å². The molecule has 2 N–H and O–H groups in total. The van der Waals surface area contributed by atoms with Crippen molar-refractivity contribution >= 4 is 17.6 Å². The van der Waals surface area contributed by atoms with E-state index in [9.17, 15) is 14.4 Å². The topological polar surface area (TPSA) is 84.5 Å². The van der Waals surface area contributed by atoms with E-state index in [0.717, 1.165) is 6.42 Å². The number of amides is 2. The summed E-state index contributed by atoms with van der Waals surface area (Å²) < 4.78 is 5.04. The average Bonchev–Trinajstić information content (AvgIpc) is 3.12. The number of Topliss-reactive ketones (excluding diaryl/α,β-unsaturated/α-hetero) is 1. The fraction of sp³-hybridized carbons (Fsp3) is 0.500. The van der Waals surface area contributed by atoms with Crippen LogP contribution in [0.5, 0.6) is 5.75 Å². The smallest absolute Gasteiger partial charge is 0.269 e. The molecule has 3 rings (SSSR count). The van der Waals surface area contributed by atoms with E-state index >= 15 is 0 Å². The third-order valence-electron chi connectivity index (χ3n) is 5.63. The number of methoxy groups -OCH3 is 1. The van der Waals surface area contributed by atoms with Crippen molar-refractivity contribution in [3.8, 4) is 5.75 Å². The van der Waals surface area contributed by atoms with Crippen LogP contribution >= 0.6 is 0 Å². The van der Waals surface area contributed by atoms with Gasteiger partial charge in [0, 0.05) is 11.0 Å². The Balaban J connectivity index is 1.65. The van der Waals surface area contributed by atoms with Crippen LogP contribution in [0.3, 0.4) is 0 Å². The highest BCUT2D eigenvalue weighted by molar-refractivity contribution is 6.11. The second-order valence-corrected chi connectivity index (χ2v) is 7.21. The summed E-state index contributed by atoms with van der Waals surface area (Å²) in [6, 6.07) is 6.54. The van der Waals surface area contributed by atoms with E-state index in [2.05, 4.69) is 10.9 Å². The molecular formula is C18H22N2O4. The average molecular weight is 330 g/mol. The molecule has 1 aromatic carbocycles. The molecular weight excluding hydrogens is 308 g/mol. The van der Waals surface area contributed by atoms with Gasteiger partial charge in [-0.15, -0.1) is 0 Å². The molecule has 0 heterocycles. The van der Waals surface area contributed by atoms with Gasteiger partial charge in [-0.1, -0.05) is 13.8 Å². The first-order valence-electron chi connectivity index (χ1n) is 8.11. The molecule has 128 valence electrons. The van der Waals surface area contributed by atoms with Crippen molar-refractivity contribution in [3.05, 3.63) is 29.8 Å². The van der Waals surface area contributed by atoms with Crippen LogP contribution in [0.15, 0.2) is 24.3 Å². The van der Waals surface area contributed by atoms with Gasteiger partial charge in [-0.3, -0.25) is 25.2 Å². The van der Waals surface area contributed by atoms with Gasteiger partial charge in [-0.05, 0) is 49.4 Å². The molecule has 24 heavy (non-hydrogen) atoms. The quantitative estimate of drug-likeness (QED) is 0.654. The van der Waals surface area contributed by atoms with Crippen LogP contribution < -0.4 is 15.6 Å². The van der Waals surface area contributed by atoms with E-state index < -0.39 is 22.6 Å². The summed E-state index contributed by atoms with van der Waals surface area (Å²) in [5.74, 6) is 0.0461. The molecule has 2 fully saturated rings. The number of hydrogen-bond acceptors (Lipinski definition) is 4. The zero-order valence-electron chi connectivity index (χ0n) is 14.1. The largest absolute Gasteiger partial charge is 0.497 e. The van der Waals surface area contributed by atoms with Crippen LogP contribution in [-0.2, 0) is 9.59 Å².